The Kier molecular flexibility index (Phi) is 6.71. The molecular weight excluding hydrogens is 424 g/mol. The molecule has 0 radical (unpaired) electrons. The molecule has 31 heavy (non-hydrogen) atoms. The number of ether oxygens (including phenoxy) is 2. The number of amides is 1. The van der Waals surface area contributed by atoms with Crippen LogP contribution in [-0.4, -0.2) is 75.9 Å². The lowest BCUT2D eigenvalue weighted by Crippen LogP contribution is -2.50. The molecule has 1 heterocycles. The Morgan fingerprint density at radius 2 is 1.42 bits per heavy atom. The molecule has 0 unspecified atom stereocenters. The number of piperazine rings is 1. The van der Waals surface area contributed by atoms with Crippen molar-refractivity contribution in [3.8, 4) is 0 Å². The zero-order valence-electron chi connectivity index (χ0n) is 17.1. The highest BCUT2D eigenvalue weighted by atomic mass is 32.2. The third-order valence-electron chi connectivity index (χ3n) is 4.97. The molecule has 1 aliphatic heterocycles. The van der Waals surface area contributed by atoms with Crippen molar-refractivity contribution in [2.45, 2.75) is 4.90 Å². The molecule has 0 aromatic heterocycles. The summed E-state index contributed by atoms with van der Waals surface area (Å²) in [4.78, 5) is 37.9. The van der Waals surface area contributed by atoms with Gasteiger partial charge in [0.1, 0.15) is 0 Å². The van der Waals surface area contributed by atoms with Crippen molar-refractivity contribution in [3.63, 3.8) is 0 Å². The summed E-state index contributed by atoms with van der Waals surface area (Å²) in [6, 6.07) is 12.4. The molecular formula is C21H22N2O7S. The van der Waals surface area contributed by atoms with E-state index in [2.05, 4.69) is 4.74 Å². The number of sulfonamides is 1. The van der Waals surface area contributed by atoms with E-state index in [1.165, 1.54) is 23.5 Å². The van der Waals surface area contributed by atoms with Gasteiger partial charge in [-0.15, -0.1) is 0 Å². The first kappa shape index (κ1) is 22.4. The fraction of sp³-hybridized carbons (Fsp3) is 0.286. The summed E-state index contributed by atoms with van der Waals surface area (Å²) in [5, 5.41) is 0. The van der Waals surface area contributed by atoms with E-state index in [4.69, 9.17) is 4.74 Å². The van der Waals surface area contributed by atoms with Gasteiger partial charge in [0.05, 0.1) is 30.2 Å². The van der Waals surface area contributed by atoms with Crippen LogP contribution in [0.25, 0.3) is 0 Å². The van der Waals surface area contributed by atoms with Crippen LogP contribution in [0.1, 0.15) is 31.1 Å². The second-order valence-corrected chi connectivity index (χ2v) is 8.66. The van der Waals surface area contributed by atoms with Crippen molar-refractivity contribution >= 4 is 27.9 Å². The molecule has 1 saturated heterocycles. The minimum Gasteiger partial charge on any atom is -0.465 e. The first-order valence-corrected chi connectivity index (χ1v) is 10.9. The molecule has 0 saturated carbocycles. The minimum atomic E-state index is -4.14. The standard InChI is InChI=1S/C21H22N2O7S/c1-29-20(25)16-8-9-17(21(26)30-2)18(14-16)31(27,28)23-12-10-22(11-13-23)19(24)15-6-4-3-5-7-15/h3-9,14H,10-13H2,1-2H3. The first-order valence-electron chi connectivity index (χ1n) is 9.44. The van der Waals surface area contributed by atoms with E-state index < -0.39 is 22.0 Å². The maximum Gasteiger partial charge on any atom is 0.339 e. The fourth-order valence-corrected chi connectivity index (χ4v) is 4.92. The van der Waals surface area contributed by atoms with Crippen molar-refractivity contribution in [2.75, 3.05) is 40.4 Å². The van der Waals surface area contributed by atoms with Crippen LogP contribution in [0.2, 0.25) is 0 Å². The number of carbonyl (C=O) groups excluding carboxylic acids is 3. The van der Waals surface area contributed by atoms with Gasteiger partial charge in [-0.1, -0.05) is 18.2 Å². The van der Waals surface area contributed by atoms with Gasteiger partial charge in [-0.05, 0) is 30.3 Å². The van der Waals surface area contributed by atoms with Gasteiger partial charge in [0.2, 0.25) is 10.0 Å². The lowest BCUT2D eigenvalue weighted by molar-refractivity contribution is 0.0583. The van der Waals surface area contributed by atoms with E-state index in [-0.39, 0.29) is 48.1 Å². The second kappa shape index (κ2) is 9.27. The van der Waals surface area contributed by atoms with Crippen LogP contribution < -0.4 is 0 Å². The van der Waals surface area contributed by atoms with Gasteiger partial charge >= 0.3 is 11.9 Å². The van der Waals surface area contributed by atoms with Crippen LogP contribution in [0, 0.1) is 0 Å². The Bertz CT molecular complexity index is 1090. The van der Waals surface area contributed by atoms with E-state index in [1.807, 2.05) is 6.07 Å². The predicted molar refractivity (Wildman–Crippen MR) is 110 cm³/mol. The molecule has 1 fully saturated rings. The van der Waals surface area contributed by atoms with Crippen LogP contribution >= 0.6 is 0 Å². The van der Waals surface area contributed by atoms with Crippen LogP contribution in [0.3, 0.4) is 0 Å². The zero-order chi connectivity index (χ0) is 22.6. The van der Waals surface area contributed by atoms with Gasteiger partial charge in [-0.25, -0.2) is 18.0 Å². The van der Waals surface area contributed by atoms with Gasteiger partial charge in [0.25, 0.3) is 5.91 Å². The summed E-state index contributed by atoms with van der Waals surface area (Å²) in [7, 11) is -1.82. The number of carbonyl (C=O) groups is 3. The van der Waals surface area contributed by atoms with Gasteiger partial charge in [0.15, 0.2) is 0 Å². The number of hydrogen-bond donors (Lipinski definition) is 0. The Balaban J connectivity index is 1.86. The van der Waals surface area contributed by atoms with Crippen LogP contribution in [0.15, 0.2) is 53.4 Å². The highest BCUT2D eigenvalue weighted by Gasteiger charge is 2.34. The lowest BCUT2D eigenvalue weighted by atomic mass is 10.1. The molecule has 1 amide bonds. The molecule has 164 valence electrons. The lowest BCUT2D eigenvalue weighted by Gasteiger charge is -2.34. The number of benzene rings is 2. The van der Waals surface area contributed by atoms with E-state index in [9.17, 15) is 22.8 Å². The molecule has 0 atom stereocenters. The molecule has 1 aliphatic rings. The summed E-state index contributed by atoms with van der Waals surface area (Å²) < 4.78 is 37.1. The summed E-state index contributed by atoms with van der Waals surface area (Å²) in [6.45, 7) is 0.475. The molecule has 0 aliphatic carbocycles. The van der Waals surface area contributed by atoms with Crippen molar-refractivity contribution < 1.29 is 32.3 Å². The molecule has 2 aromatic carbocycles. The number of esters is 2. The number of rotatable bonds is 5. The number of hydrogen-bond acceptors (Lipinski definition) is 7. The smallest absolute Gasteiger partial charge is 0.339 e. The number of methoxy groups -OCH3 is 2. The topological polar surface area (TPSA) is 110 Å². The first-order chi connectivity index (χ1) is 14.8. The Morgan fingerprint density at radius 1 is 0.806 bits per heavy atom. The molecule has 0 N–H and O–H groups in total. The van der Waals surface area contributed by atoms with Gasteiger partial charge in [-0.3, -0.25) is 4.79 Å². The van der Waals surface area contributed by atoms with Crippen molar-refractivity contribution in [3.05, 3.63) is 65.2 Å². The number of nitrogens with zero attached hydrogens (tertiary/aromatic N) is 2. The highest BCUT2D eigenvalue weighted by Crippen LogP contribution is 2.25. The Labute approximate surface area is 180 Å². The summed E-state index contributed by atoms with van der Waals surface area (Å²) in [5.74, 6) is -1.75. The normalized spacial score (nSPS) is 14.7. The maximum absolute atomic E-state index is 13.3. The highest BCUT2D eigenvalue weighted by molar-refractivity contribution is 7.89. The molecule has 0 bridgehead atoms. The van der Waals surface area contributed by atoms with Crippen molar-refractivity contribution in [1.29, 1.82) is 0 Å². The average molecular weight is 446 g/mol. The molecule has 9 nitrogen and oxygen atoms in total. The fourth-order valence-electron chi connectivity index (χ4n) is 3.29. The van der Waals surface area contributed by atoms with Crippen LogP contribution in [0.5, 0.6) is 0 Å². The van der Waals surface area contributed by atoms with Crippen molar-refractivity contribution in [1.82, 2.24) is 9.21 Å². The summed E-state index contributed by atoms with van der Waals surface area (Å²) in [5.41, 5.74) is 0.335. The van der Waals surface area contributed by atoms with Gasteiger partial charge in [-0.2, -0.15) is 4.31 Å². The molecule has 2 aromatic rings. The third kappa shape index (κ3) is 4.59. The van der Waals surface area contributed by atoms with Gasteiger partial charge in [0, 0.05) is 31.7 Å². The largest absolute Gasteiger partial charge is 0.465 e. The predicted octanol–water partition coefficient (Wildman–Crippen LogP) is 1.41. The maximum atomic E-state index is 13.3. The molecule has 10 heteroatoms. The average Bonchev–Trinajstić information content (AvgIpc) is 2.82. The third-order valence-corrected chi connectivity index (χ3v) is 6.91. The van der Waals surface area contributed by atoms with Crippen molar-refractivity contribution in [2.24, 2.45) is 0 Å². The minimum absolute atomic E-state index is 0.00776. The summed E-state index contributed by atoms with van der Waals surface area (Å²) >= 11 is 0. The van der Waals surface area contributed by atoms with Crippen LogP contribution in [-0.2, 0) is 19.5 Å². The SMILES string of the molecule is COC(=O)c1ccc(C(=O)OC)c(S(=O)(=O)N2CCN(C(=O)c3ccccc3)CC2)c1. The van der Waals surface area contributed by atoms with Gasteiger partial charge < -0.3 is 14.4 Å². The molecule has 0 spiro atoms. The Hall–Kier alpha value is -3.24. The quantitative estimate of drug-likeness (QED) is 0.639. The van der Waals surface area contributed by atoms with Crippen LogP contribution in [0.4, 0.5) is 0 Å². The Morgan fingerprint density at radius 3 is 2.00 bits per heavy atom. The molecule has 3 rings (SSSR count). The van der Waals surface area contributed by atoms with E-state index in [1.54, 1.807) is 29.2 Å². The van der Waals surface area contributed by atoms with E-state index in [0.29, 0.717) is 5.56 Å². The summed E-state index contributed by atoms with van der Waals surface area (Å²) in [6.07, 6.45) is 0. The zero-order valence-corrected chi connectivity index (χ0v) is 17.9. The second-order valence-electron chi connectivity index (χ2n) is 6.76. The van der Waals surface area contributed by atoms with E-state index in [0.717, 1.165) is 13.2 Å². The monoisotopic (exact) mass is 446 g/mol. The van der Waals surface area contributed by atoms with E-state index >= 15 is 0 Å².